The van der Waals surface area contributed by atoms with E-state index in [-0.39, 0.29) is 18.0 Å². The van der Waals surface area contributed by atoms with Gasteiger partial charge >= 0.3 is 0 Å². The lowest BCUT2D eigenvalue weighted by atomic mass is 9.75. The standard InChI is InChI=1S/C56H42N4O/c1-32-31-35(28-29-36(32)33-15-4-2-5-16-33)49-55-50(43-22-6-3-7-26-46(43)61-55)58-56(57-49)59-45-25-13-12-21-42(45)47-38-19-10-11-20-39(38)48-44-24-14-23-40-41-30-27-34-17-8-9-18-37(34)51(41)60(52(40)44)54(48)53(47)59/h2,4-6,8-25,27-30,32,48-49,54H,3,7,26,31H2,1H3,(H,57,58). The molecule has 0 saturated carbocycles. The van der Waals surface area contributed by atoms with Gasteiger partial charge in [-0.2, -0.15) is 0 Å². The lowest BCUT2D eigenvalue weighted by Crippen LogP contribution is -2.32. The normalized spacial score (nSPS) is 21.0. The van der Waals surface area contributed by atoms with Crippen molar-refractivity contribution in [3.8, 4) is 11.1 Å². The number of furan rings is 1. The number of hydrogen-bond acceptors (Lipinski definition) is 3. The van der Waals surface area contributed by atoms with E-state index in [1.807, 2.05) is 0 Å². The minimum Gasteiger partial charge on any atom is -0.461 e. The summed E-state index contributed by atoms with van der Waals surface area (Å²) in [5.41, 5.74) is 16.6. The van der Waals surface area contributed by atoms with Crippen LogP contribution in [0.5, 0.6) is 0 Å². The molecule has 14 rings (SSSR count). The maximum Gasteiger partial charge on any atom is 0.208 e. The van der Waals surface area contributed by atoms with Crippen LogP contribution in [-0.4, -0.2) is 15.1 Å². The van der Waals surface area contributed by atoms with Crippen LogP contribution in [0.2, 0.25) is 0 Å². The number of allylic oxidation sites excluding steroid dienone is 4. The SMILES string of the molecule is CC1CC(C2N=C(n3c4c(c5ccccc53)-c3ccccc3C3c5cccc6c7ccc8ccccc8c7n(c56)C43)Nc3c2oc2c3C=CCCC2)=CC=C1c1ccccc1. The van der Waals surface area contributed by atoms with Crippen molar-refractivity contribution in [3.05, 3.63) is 197 Å². The molecule has 0 spiro atoms. The van der Waals surface area contributed by atoms with Gasteiger partial charge in [-0.3, -0.25) is 4.57 Å². The molecule has 5 nitrogen and oxygen atoms in total. The third kappa shape index (κ3) is 4.53. The summed E-state index contributed by atoms with van der Waals surface area (Å²) in [6.45, 7) is 2.36. The van der Waals surface area contributed by atoms with Crippen LogP contribution in [0, 0.1) is 5.92 Å². The number of hydrogen-bond donors (Lipinski definition) is 1. The molecule has 0 bridgehead atoms. The Morgan fingerprint density at radius 3 is 2.43 bits per heavy atom. The van der Waals surface area contributed by atoms with Crippen LogP contribution in [-0.2, 0) is 6.42 Å². The number of nitrogens with zero attached hydrogens (tertiary/aromatic N) is 3. The first-order chi connectivity index (χ1) is 30.2. The number of para-hydroxylation sites is 2. The van der Waals surface area contributed by atoms with Gasteiger partial charge in [-0.15, -0.1) is 0 Å². The summed E-state index contributed by atoms with van der Waals surface area (Å²) in [4.78, 5) is 5.86. The predicted octanol–water partition coefficient (Wildman–Crippen LogP) is 14.0. The average Bonchev–Trinajstić information content (AvgIpc) is 4.00. The molecule has 5 heterocycles. The van der Waals surface area contributed by atoms with E-state index < -0.39 is 0 Å². The topological polar surface area (TPSA) is 47.4 Å². The van der Waals surface area contributed by atoms with Crippen LogP contribution in [0.4, 0.5) is 5.69 Å². The second-order valence-electron chi connectivity index (χ2n) is 17.7. The van der Waals surface area contributed by atoms with Crippen molar-refractivity contribution in [1.29, 1.82) is 0 Å². The summed E-state index contributed by atoms with van der Waals surface area (Å²) in [7, 11) is 0. The van der Waals surface area contributed by atoms with Gasteiger partial charge in [0, 0.05) is 45.0 Å². The van der Waals surface area contributed by atoms with Crippen molar-refractivity contribution in [2.24, 2.45) is 10.9 Å². The number of aryl methyl sites for hydroxylation is 1. The van der Waals surface area contributed by atoms with Crippen molar-refractivity contribution in [3.63, 3.8) is 0 Å². The molecule has 5 aliphatic rings. The molecule has 3 aromatic heterocycles. The van der Waals surface area contributed by atoms with E-state index in [2.05, 4.69) is 179 Å². The van der Waals surface area contributed by atoms with E-state index in [0.29, 0.717) is 5.92 Å². The monoisotopic (exact) mass is 786 g/mol. The van der Waals surface area contributed by atoms with E-state index >= 15 is 0 Å². The Balaban J connectivity index is 1.07. The number of rotatable bonds is 2. The van der Waals surface area contributed by atoms with Crippen molar-refractivity contribution in [1.82, 2.24) is 9.13 Å². The maximum absolute atomic E-state index is 6.97. The summed E-state index contributed by atoms with van der Waals surface area (Å²) in [5.74, 6) is 3.31. The summed E-state index contributed by atoms with van der Waals surface area (Å²) < 4.78 is 12.2. The van der Waals surface area contributed by atoms with Gasteiger partial charge in [0.05, 0.1) is 34.0 Å². The summed E-state index contributed by atoms with van der Waals surface area (Å²) in [6, 6.07) is 49.3. The van der Waals surface area contributed by atoms with Crippen molar-refractivity contribution in [2.45, 2.75) is 50.6 Å². The summed E-state index contributed by atoms with van der Waals surface area (Å²) >= 11 is 0. The zero-order valence-electron chi connectivity index (χ0n) is 33.9. The zero-order chi connectivity index (χ0) is 39.9. The molecule has 1 N–H and O–H groups in total. The van der Waals surface area contributed by atoms with E-state index in [0.717, 1.165) is 54.4 Å². The second kappa shape index (κ2) is 12.5. The van der Waals surface area contributed by atoms with E-state index in [9.17, 15) is 0 Å². The fourth-order valence-corrected chi connectivity index (χ4v) is 12.0. The molecule has 61 heavy (non-hydrogen) atoms. The highest BCUT2D eigenvalue weighted by atomic mass is 16.3. The van der Waals surface area contributed by atoms with Gasteiger partial charge in [-0.1, -0.05) is 159 Å². The van der Waals surface area contributed by atoms with Crippen molar-refractivity contribution in [2.75, 3.05) is 5.32 Å². The lowest BCUT2D eigenvalue weighted by Gasteiger charge is -2.34. The first-order valence-electron chi connectivity index (χ1n) is 22.0. The Bertz CT molecular complexity index is 3490. The molecule has 292 valence electrons. The largest absolute Gasteiger partial charge is 0.461 e. The molecule has 4 unspecified atom stereocenters. The van der Waals surface area contributed by atoms with Gasteiger partial charge in [0.25, 0.3) is 0 Å². The number of fused-ring (bicyclic) bond motifs is 18. The molecule has 0 radical (unpaired) electrons. The van der Waals surface area contributed by atoms with Crippen LogP contribution >= 0.6 is 0 Å². The smallest absolute Gasteiger partial charge is 0.208 e. The Morgan fingerprint density at radius 1 is 0.721 bits per heavy atom. The quantitative estimate of drug-likeness (QED) is 0.190. The van der Waals surface area contributed by atoms with Crippen LogP contribution in [0.1, 0.15) is 83.7 Å². The fourth-order valence-electron chi connectivity index (χ4n) is 12.0. The summed E-state index contributed by atoms with van der Waals surface area (Å²) in [5, 5.41) is 10.4. The second-order valence-corrected chi connectivity index (χ2v) is 17.7. The van der Waals surface area contributed by atoms with Gasteiger partial charge in [0.1, 0.15) is 11.8 Å². The molecule has 2 aliphatic heterocycles. The Hall–Kier alpha value is -7.11. The lowest BCUT2D eigenvalue weighted by molar-refractivity contribution is 0.439. The Labute approximate surface area is 353 Å². The maximum atomic E-state index is 6.97. The molecular formula is C56H42N4O. The average molecular weight is 787 g/mol. The number of nitrogens with one attached hydrogen (secondary N) is 1. The molecule has 0 saturated heterocycles. The fraction of sp³-hybridized carbons (Fsp3) is 0.161. The molecule has 9 aromatic rings. The van der Waals surface area contributed by atoms with E-state index in [4.69, 9.17) is 9.41 Å². The van der Waals surface area contributed by atoms with E-state index in [1.165, 1.54) is 88.2 Å². The van der Waals surface area contributed by atoms with E-state index in [1.54, 1.807) is 0 Å². The molecule has 4 atom stereocenters. The van der Waals surface area contributed by atoms with Gasteiger partial charge in [-0.05, 0) is 70.0 Å². The minimum atomic E-state index is -0.269. The first kappa shape index (κ1) is 33.7. The Morgan fingerprint density at radius 2 is 1.51 bits per heavy atom. The van der Waals surface area contributed by atoms with Gasteiger partial charge in [0.15, 0.2) is 5.76 Å². The highest BCUT2D eigenvalue weighted by Gasteiger charge is 2.47. The van der Waals surface area contributed by atoms with Crippen molar-refractivity contribution >= 4 is 66.8 Å². The first-order valence-corrected chi connectivity index (χ1v) is 22.0. The van der Waals surface area contributed by atoms with Crippen LogP contribution in [0.15, 0.2) is 167 Å². The number of aliphatic imine (C=N–C) groups is 1. The molecule has 6 aromatic carbocycles. The molecule has 5 heteroatoms. The number of anilines is 1. The molecule has 3 aliphatic carbocycles. The van der Waals surface area contributed by atoms with Gasteiger partial charge in [-0.25, -0.2) is 4.99 Å². The summed E-state index contributed by atoms with van der Waals surface area (Å²) in [6.07, 6.45) is 13.2. The van der Waals surface area contributed by atoms with Crippen LogP contribution in [0.3, 0.4) is 0 Å². The zero-order valence-corrected chi connectivity index (χ0v) is 33.9. The predicted molar refractivity (Wildman–Crippen MR) is 250 cm³/mol. The van der Waals surface area contributed by atoms with Crippen LogP contribution < -0.4 is 5.32 Å². The van der Waals surface area contributed by atoms with Gasteiger partial charge < -0.3 is 14.3 Å². The number of aromatic nitrogens is 2. The molecular weight excluding hydrogens is 745 g/mol. The highest BCUT2D eigenvalue weighted by molar-refractivity contribution is 6.20. The van der Waals surface area contributed by atoms with Crippen molar-refractivity contribution < 1.29 is 4.42 Å². The number of benzene rings is 6. The van der Waals surface area contributed by atoms with Crippen LogP contribution in [0.25, 0.3) is 66.3 Å². The third-order valence-electron chi connectivity index (χ3n) is 14.5. The molecule has 0 fully saturated rings. The third-order valence-corrected chi connectivity index (χ3v) is 14.5. The minimum absolute atomic E-state index is 0.0171. The highest BCUT2D eigenvalue weighted by Crippen LogP contribution is 2.60. The molecule has 0 amide bonds. The Kier molecular flexibility index (Phi) is 6.88. The van der Waals surface area contributed by atoms with Gasteiger partial charge in [0.2, 0.25) is 5.96 Å².